The Hall–Kier alpha value is -0.460. The molecule has 0 aliphatic carbocycles. The molecule has 0 radical (unpaired) electrons. The third kappa shape index (κ3) is 2.81. The smallest absolute Gasteiger partial charge is 0.0648 e. The van der Waals surface area contributed by atoms with Crippen molar-refractivity contribution in [1.82, 2.24) is 0 Å². The monoisotopic (exact) mass is 364 g/mol. The number of halogens is 2. The fraction of sp³-hybridized carbons (Fsp3) is 0.0909. The Balaban J connectivity index is 2.08. The molecular formula is C11H10ClIN2S. The van der Waals surface area contributed by atoms with Crippen molar-refractivity contribution < 1.29 is 0 Å². The van der Waals surface area contributed by atoms with Crippen LogP contribution in [0.3, 0.4) is 0 Å². The van der Waals surface area contributed by atoms with Crippen LogP contribution in [0.2, 0.25) is 5.02 Å². The van der Waals surface area contributed by atoms with Gasteiger partial charge in [0.05, 0.1) is 17.3 Å². The van der Waals surface area contributed by atoms with Gasteiger partial charge in [0.25, 0.3) is 0 Å². The van der Waals surface area contributed by atoms with Gasteiger partial charge in [-0.2, -0.15) is 0 Å². The molecule has 0 saturated heterocycles. The van der Waals surface area contributed by atoms with E-state index in [1.165, 1.54) is 0 Å². The summed E-state index contributed by atoms with van der Waals surface area (Å²) in [5, 5.41) is 6.00. The average Bonchev–Trinajstić information content (AvgIpc) is 2.63. The van der Waals surface area contributed by atoms with Crippen LogP contribution >= 0.6 is 45.5 Å². The number of hydrogen-bond acceptors (Lipinski definition) is 3. The van der Waals surface area contributed by atoms with Crippen LogP contribution in [-0.2, 0) is 6.54 Å². The van der Waals surface area contributed by atoms with Crippen molar-refractivity contribution in [2.45, 2.75) is 6.54 Å². The van der Waals surface area contributed by atoms with Crippen molar-refractivity contribution in [3.05, 3.63) is 43.1 Å². The van der Waals surface area contributed by atoms with Crippen LogP contribution in [0.4, 0.5) is 11.4 Å². The number of rotatable bonds is 3. The maximum Gasteiger partial charge on any atom is 0.0648 e. The molecule has 0 amide bonds. The van der Waals surface area contributed by atoms with Crippen LogP contribution in [0.1, 0.15) is 4.88 Å². The van der Waals surface area contributed by atoms with E-state index in [9.17, 15) is 0 Å². The van der Waals surface area contributed by atoms with Gasteiger partial charge in [0.15, 0.2) is 0 Å². The zero-order valence-corrected chi connectivity index (χ0v) is 12.1. The lowest BCUT2D eigenvalue weighted by molar-refractivity contribution is 1.19. The van der Waals surface area contributed by atoms with Crippen molar-refractivity contribution in [3.8, 4) is 0 Å². The summed E-state index contributed by atoms with van der Waals surface area (Å²) >= 11 is 10.00. The Morgan fingerprint density at radius 1 is 1.38 bits per heavy atom. The number of hydrogen-bond donors (Lipinski definition) is 2. The first-order chi connectivity index (χ1) is 7.66. The molecule has 16 heavy (non-hydrogen) atoms. The molecule has 0 spiro atoms. The molecule has 84 valence electrons. The summed E-state index contributed by atoms with van der Waals surface area (Å²) in [6.07, 6.45) is 0. The first-order valence-corrected chi connectivity index (χ1v) is 7.01. The zero-order valence-electron chi connectivity index (χ0n) is 8.34. The lowest BCUT2D eigenvalue weighted by Crippen LogP contribution is -2.00. The molecule has 0 bridgehead atoms. The van der Waals surface area contributed by atoms with E-state index in [1.54, 1.807) is 11.3 Å². The van der Waals surface area contributed by atoms with Crippen LogP contribution in [0, 0.1) is 3.57 Å². The number of nitrogens with one attached hydrogen (secondary N) is 1. The van der Waals surface area contributed by atoms with Crippen molar-refractivity contribution >= 4 is 56.9 Å². The number of nitrogens with two attached hydrogens (primary N) is 1. The summed E-state index contributed by atoms with van der Waals surface area (Å²) in [6, 6.07) is 7.85. The molecule has 0 aliphatic rings. The normalized spacial score (nSPS) is 10.4. The molecule has 1 heterocycles. The Morgan fingerprint density at radius 2 is 2.19 bits per heavy atom. The van der Waals surface area contributed by atoms with E-state index in [0.717, 1.165) is 24.8 Å². The van der Waals surface area contributed by atoms with Crippen molar-refractivity contribution in [1.29, 1.82) is 0 Å². The van der Waals surface area contributed by atoms with E-state index in [-0.39, 0.29) is 0 Å². The van der Waals surface area contributed by atoms with Gasteiger partial charge in [-0.15, -0.1) is 11.3 Å². The minimum absolute atomic E-state index is 0.712. The topological polar surface area (TPSA) is 38.0 Å². The SMILES string of the molecule is Nc1ccsc1CNc1ccc(I)cc1Cl. The molecule has 0 atom stereocenters. The van der Waals surface area contributed by atoms with Gasteiger partial charge in [-0.25, -0.2) is 0 Å². The highest BCUT2D eigenvalue weighted by Gasteiger charge is 2.03. The van der Waals surface area contributed by atoms with Crippen molar-refractivity contribution in [2.24, 2.45) is 0 Å². The Kier molecular flexibility index (Phi) is 3.94. The lowest BCUT2D eigenvalue weighted by Gasteiger charge is -2.08. The second kappa shape index (κ2) is 5.25. The first kappa shape index (κ1) is 12.0. The van der Waals surface area contributed by atoms with E-state index in [2.05, 4.69) is 27.9 Å². The van der Waals surface area contributed by atoms with E-state index in [1.807, 2.05) is 29.6 Å². The number of anilines is 2. The predicted octanol–water partition coefficient (Wildman–Crippen LogP) is 4.20. The molecule has 5 heteroatoms. The fourth-order valence-corrected chi connectivity index (χ4v) is 2.96. The third-order valence-electron chi connectivity index (χ3n) is 2.15. The van der Waals surface area contributed by atoms with Gasteiger partial charge in [-0.05, 0) is 52.2 Å². The van der Waals surface area contributed by atoms with Gasteiger partial charge >= 0.3 is 0 Å². The minimum Gasteiger partial charge on any atom is -0.398 e. The first-order valence-electron chi connectivity index (χ1n) is 4.67. The number of benzene rings is 1. The summed E-state index contributed by atoms with van der Waals surface area (Å²) < 4.78 is 1.13. The van der Waals surface area contributed by atoms with E-state index in [0.29, 0.717) is 6.54 Å². The largest absolute Gasteiger partial charge is 0.398 e. The molecule has 2 aromatic rings. The highest BCUT2D eigenvalue weighted by atomic mass is 127. The summed E-state index contributed by atoms with van der Waals surface area (Å²) in [7, 11) is 0. The van der Waals surface area contributed by atoms with Crippen molar-refractivity contribution in [2.75, 3.05) is 11.1 Å². The molecule has 2 rings (SSSR count). The number of nitrogen functional groups attached to an aromatic ring is 1. The second-order valence-corrected chi connectivity index (χ2v) is 5.93. The summed E-state index contributed by atoms with van der Waals surface area (Å²) in [6.45, 7) is 0.712. The van der Waals surface area contributed by atoms with E-state index >= 15 is 0 Å². The molecule has 2 nitrogen and oxygen atoms in total. The van der Waals surface area contributed by atoms with Crippen LogP contribution in [0.15, 0.2) is 29.6 Å². The van der Waals surface area contributed by atoms with Gasteiger partial charge in [0, 0.05) is 14.1 Å². The van der Waals surface area contributed by atoms with Gasteiger partial charge in [-0.3, -0.25) is 0 Å². The summed E-state index contributed by atoms with van der Waals surface area (Å²) in [4.78, 5) is 1.13. The van der Waals surface area contributed by atoms with Crippen LogP contribution in [-0.4, -0.2) is 0 Å². The van der Waals surface area contributed by atoms with Gasteiger partial charge in [0.2, 0.25) is 0 Å². The molecule has 3 N–H and O–H groups in total. The Bertz CT molecular complexity index is 498. The quantitative estimate of drug-likeness (QED) is 0.801. The van der Waals surface area contributed by atoms with Crippen LogP contribution < -0.4 is 11.1 Å². The minimum atomic E-state index is 0.712. The molecule has 0 saturated carbocycles. The standard InChI is InChI=1S/C11H10ClIN2S/c12-8-5-7(13)1-2-10(8)15-6-11-9(14)3-4-16-11/h1-5,15H,6,14H2. The number of thiophene rings is 1. The highest BCUT2D eigenvalue weighted by Crippen LogP contribution is 2.26. The van der Waals surface area contributed by atoms with E-state index < -0.39 is 0 Å². The van der Waals surface area contributed by atoms with Gasteiger partial charge in [-0.1, -0.05) is 11.6 Å². The lowest BCUT2D eigenvalue weighted by atomic mass is 10.3. The Labute approximate surface area is 117 Å². The predicted molar refractivity (Wildman–Crippen MR) is 80.2 cm³/mol. The maximum atomic E-state index is 6.11. The molecule has 0 fully saturated rings. The third-order valence-corrected chi connectivity index (χ3v) is 4.07. The van der Waals surface area contributed by atoms with Crippen LogP contribution in [0.25, 0.3) is 0 Å². The fourth-order valence-electron chi connectivity index (χ4n) is 1.30. The summed E-state index contributed by atoms with van der Waals surface area (Å²) in [5.41, 5.74) is 7.58. The van der Waals surface area contributed by atoms with Crippen LogP contribution in [0.5, 0.6) is 0 Å². The highest BCUT2D eigenvalue weighted by molar-refractivity contribution is 14.1. The molecular weight excluding hydrogens is 355 g/mol. The molecule has 1 aromatic carbocycles. The molecule has 1 aromatic heterocycles. The maximum absolute atomic E-state index is 6.11. The molecule has 0 unspecified atom stereocenters. The molecule has 0 aliphatic heterocycles. The van der Waals surface area contributed by atoms with Crippen molar-refractivity contribution in [3.63, 3.8) is 0 Å². The zero-order chi connectivity index (χ0) is 11.5. The van der Waals surface area contributed by atoms with Gasteiger partial charge in [0.1, 0.15) is 0 Å². The van der Waals surface area contributed by atoms with E-state index in [4.69, 9.17) is 17.3 Å². The Morgan fingerprint density at radius 3 is 2.81 bits per heavy atom. The van der Waals surface area contributed by atoms with Gasteiger partial charge < -0.3 is 11.1 Å². The summed E-state index contributed by atoms with van der Waals surface area (Å²) in [5.74, 6) is 0. The second-order valence-electron chi connectivity index (χ2n) is 3.28. The average molecular weight is 365 g/mol.